The Morgan fingerprint density at radius 1 is 1.10 bits per heavy atom. The van der Waals surface area contributed by atoms with Crippen molar-refractivity contribution in [1.82, 2.24) is 30.0 Å². The number of nitrogens with zero attached hydrogens (tertiary/aromatic N) is 6. The van der Waals surface area contributed by atoms with Crippen molar-refractivity contribution in [2.45, 2.75) is 44.0 Å². The van der Waals surface area contributed by atoms with Gasteiger partial charge >= 0.3 is 0 Å². The van der Waals surface area contributed by atoms with E-state index in [1.165, 1.54) is 18.4 Å². The van der Waals surface area contributed by atoms with Gasteiger partial charge in [0, 0.05) is 32.7 Å². The van der Waals surface area contributed by atoms with Gasteiger partial charge < -0.3 is 14.4 Å². The standard InChI is InChI=1S/C21H28N6O3S/c28-21(14-31-13-20-22-23-24-27(20)17-3-1-2-4-17)26-9-7-25(8-10-26)12-16-5-6-18-19(11-16)30-15-29-18/h5-6,11,17H,1-4,7-10,12-15H2. The number of fused-ring (bicyclic) bond motifs is 1. The minimum atomic E-state index is 0.202. The predicted octanol–water partition coefficient (Wildman–Crippen LogP) is 2.09. The van der Waals surface area contributed by atoms with Crippen LogP contribution in [0.3, 0.4) is 0 Å². The Balaban J connectivity index is 1.05. The largest absolute Gasteiger partial charge is 0.454 e. The Bertz CT molecular complexity index is 908. The highest BCUT2D eigenvalue weighted by atomic mass is 32.2. The molecule has 0 N–H and O–H groups in total. The first-order valence-corrected chi connectivity index (χ1v) is 12.1. The van der Waals surface area contributed by atoms with Gasteiger partial charge in [-0.05, 0) is 41.0 Å². The molecule has 10 heteroatoms. The average molecular weight is 445 g/mol. The number of tetrazole rings is 1. The zero-order valence-electron chi connectivity index (χ0n) is 17.6. The van der Waals surface area contributed by atoms with Gasteiger partial charge in [0.15, 0.2) is 17.3 Å². The Morgan fingerprint density at radius 2 is 1.90 bits per heavy atom. The molecule has 0 atom stereocenters. The summed E-state index contributed by atoms with van der Waals surface area (Å²) in [6, 6.07) is 6.54. The van der Waals surface area contributed by atoms with E-state index in [9.17, 15) is 4.79 Å². The smallest absolute Gasteiger partial charge is 0.232 e. The summed E-state index contributed by atoms with van der Waals surface area (Å²) in [5.41, 5.74) is 1.21. The molecule has 0 unspecified atom stereocenters. The van der Waals surface area contributed by atoms with Crippen molar-refractivity contribution in [3.8, 4) is 11.5 Å². The summed E-state index contributed by atoms with van der Waals surface area (Å²) in [6.45, 7) is 4.45. The van der Waals surface area contributed by atoms with E-state index in [0.717, 1.165) is 62.9 Å². The first-order chi connectivity index (χ1) is 15.3. The van der Waals surface area contributed by atoms with Crippen LogP contribution in [0, 0.1) is 0 Å². The van der Waals surface area contributed by atoms with Crippen LogP contribution >= 0.6 is 11.8 Å². The number of thioether (sulfide) groups is 1. The fourth-order valence-corrected chi connectivity index (χ4v) is 5.35. The van der Waals surface area contributed by atoms with E-state index in [2.05, 4.69) is 32.6 Å². The van der Waals surface area contributed by atoms with Crippen molar-refractivity contribution in [3.05, 3.63) is 29.6 Å². The van der Waals surface area contributed by atoms with Gasteiger partial charge in [-0.3, -0.25) is 9.69 Å². The van der Waals surface area contributed by atoms with Crippen LogP contribution in [-0.2, 0) is 17.1 Å². The highest BCUT2D eigenvalue weighted by molar-refractivity contribution is 7.99. The maximum absolute atomic E-state index is 12.7. The average Bonchev–Trinajstić information content (AvgIpc) is 3.55. The van der Waals surface area contributed by atoms with Crippen LogP contribution in [0.15, 0.2) is 18.2 Å². The molecule has 3 aliphatic rings. The number of carbonyl (C=O) groups excluding carboxylic acids is 1. The molecule has 2 aromatic rings. The number of benzene rings is 1. The molecule has 9 nitrogen and oxygen atoms in total. The molecule has 1 saturated carbocycles. The van der Waals surface area contributed by atoms with E-state index in [1.807, 2.05) is 15.6 Å². The van der Waals surface area contributed by atoms with Crippen molar-refractivity contribution < 1.29 is 14.3 Å². The zero-order chi connectivity index (χ0) is 21.0. The number of amides is 1. The molecule has 3 heterocycles. The molecule has 0 spiro atoms. The van der Waals surface area contributed by atoms with Crippen molar-refractivity contribution in [2.75, 3.05) is 38.7 Å². The van der Waals surface area contributed by atoms with E-state index < -0.39 is 0 Å². The highest BCUT2D eigenvalue weighted by Gasteiger charge is 2.24. The summed E-state index contributed by atoms with van der Waals surface area (Å²) in [5, 5.41) is 12.2. The van der Waals surface area contributed by atoms with E-state index >= 15 is 0 Å². The molecule has 1 aliphatic carbocycles. The van der Waals surface area contributed by atoms with Crippen LogP contribution in [0.25, 0.3) is 0 Å². The molecule has 1 aromatic heterocycles. The second-order valence-electron chi connectivity index (χ2n) is 8.32. The van der Waals surface area contributed by atoms with Gasteiger partial charge in [-0.1, -0.05) is 18.9 Å². The molecule has 31 heavy (non-hydrogen) atoms. The maximum atomic E-state index is 12.7. The van der Waals surface area contributed by atoms with Crippen molar-refractivity contribution in [3.63, 3.8) is 0 Å². The number of rotatable bonds is 7. The van der Waals surface area contributed by atoms with Crippen LogP contribution < -0.4 is 9.47 Å². The number of hydrogen-bond acceptors (Lipinski definition) is 8. The fourth-order valence-electron chi connectivity index (χ4n) is 4.51. The lowest BCUT2D eigenvalue weighted by atomic mass is 10.1. The van der Waals surface area contributed by atoms with Gasteiger partial charge in [-0.2, -0.15) is 0 Å². The van der Waals surface area contributed by atoms with E-state index in [4.69, 9.17) is 9.47 Å². The molecule has 5 rings (SSSR count). The Morgan fingerprint density at radius 3 is 2.74 bits per heavy atom. The first-order valence-electron chi connectivity index (χ1n) is 11.0. The lowest BCUT2D eigenvalue weighted by molar-refractivity contribution is -0.130. The second-order valence-corrected chi connectivity index (χ2v) is 9.30. The molecule has 1 saturated heterocycles. The summed E-state index contributed by atoms with van der Waals surface area (Å²) >= 11 is 1.61. The molecule has 166 valence electrons. The van der Waals surface area contributed by atoms with Crippen LogP contribution in [0.5, 0.6) is 11.5 Å². The maximum Gasteiger partial charge on any atom is 0.232 e. The van der Waals surface area contributed by atoms with Crippen molar-refractivity contribution in [2.24, 2.45) is 0 Å². The summed E-state index contributed by atoms with van der Waals surface area (Å²) in [4.78, 5) is 17.0. The summed E-state index contributed by atoms with van der Waals surface area (Å²) in [6.07, 6.45) is 4.79. The third kappa shape index (κ3) is 4.79. The van der Waals surface area contributed by atoms with E-state index in [1.54, 1.807) is 11.8 Å². The topological polar surface area (TPSA) is 85.6 Å². The zero-order valence-corrected chi connectivity index (χ0v) is 18.4. The van der Waals surface area contributed by atoms with Gasteiger partial charge in [-0.25, -0.2) is 4.68 Å². The number of aromatic nitrogens is 4. The molecule has 0 radical (unpaired) electrons. The quantitative estimate of drug-likeness (QED) is 0.642. The van der Waals surface area contributed by atoms with Gasteiger partial charge in [0.1, 0.15) is 0 Å². The minimum absolute atomic E-state index is 0.202. The van der Waals surface area contributed by atoms with Crippen LogP contribution in [0.1, 0.15) is 43.1 Å². The number of ether oxygens (including phenoxy) is 2. The summed E-state index contributed by atoms with van der Waals surface area (Å²) < 4.78 is 12.8. The lowest BCUT2D eigenvalue weighted by Crippen LogP contribution is -2.48. The summed E-state index contributed by atoms with van der Waals surface area (Å²) in [5.74, 6) is 3.88. The number of carbonyl (C=O) groups is 1. The number of hydrogen-bond donors (Lipinski definition) is 0. The van der Waals surface area contributed by atoms with Crippen molar-refractivity contribution in [1.29, 1.82) is 0 Å². The van der Waals surface area contributed by atoms with Gasteiger partial charge in [0.2, 0.25) is 12.7 Å². The molecule has 1 amide bonds. The minimum Gasteiger partial charge on any atom is -0.454 e. The van der Waals surface area contributed by atoms with Gasteiger partial charge in [0.25, 0.3) is 0 Å². The highest BCUT2D eigenvalue weighted by Crippen LogP contribution is 2.33. The third-order valence-electron chi connectivity index (χ3n) is 6.26. The van der Waals surface area contributed by atoms with Gasteiger partial charge in [-0.15, -0.1) is 16.9 Å². The third-order valence-corrected chi connectivity index (χ3v) is 7.17. The molecule has 0 bridgehead atoms. The van der Waals surface area contributed by atoms with E-state index in [0.29, 0.717) is 24.3 Å². The predicted molar refractivity (Wildman–Crippen MR) is 116 cm³/mol. The van der Waals surface area contributed by atoms with E-state index in [-0.39, 0.29) is 5.91 Å². The molecule has 1 aromatic carbocycles. The molecular formula is C21H28N6O3S. The summed E-state index contributed by atoms with van der Waals surface area (Å²) in [7, 11) is 0. The number of piperazine rings is 1. The Kier molecular flexibility index (Phi) is 6.26. The molecule has 2 fully saturated rings. The van der Waals surface area contributed by atoms with Crippen LogP contribution in [0.2, 0.25) is 0 Å². The SMILES string of the molecule is O=C(CSCc1nnnn1C1CCCC1)N1CCN(Cc2ccc3c(c2)OCO3)CC1. The normalized spacial score (nSPS) is 19.3. The Hall–Kier alpha value is -2.33. The monoisotopic (exact) mass is 444 g/mol. The van der Waals surface area contributed by atoms with Crippen molar-refractivity contribution >= 4 is 17.7 Å². The van der Waals surface area contributed by atoms with Gasteiger partial charge in [0.05, 0.1) is 17.5 Å². The lowest BCUT2D eigenvalue weighted by Gasteiger charge is -2.34. The first kappa shape index (κ1) is 20.6. The molecule has 2 aliphatic heterocycles. The molecular weight excluding hydrogens is 416 g/mol. The van der Waals surface area contributed by atoms with Crippen LogP contribution in [0.4, 0.5) is 0 Å². The second kappa shape index (κ2) is 9.44. The van der Waals surface area contributed by atoms with Crippen LogP contribution in [-0.4, -0.2) is 74.6 Å². The fraction of sp³-hybridized carbons (Fsp3) is 0.619. The Labute approximate surface area is 186 Å².